The predicted molar refractivity (Wildman–Crippen MR) is 53.1 cm³/mol. The number of ether oxygens (including phenoxy) is 1. The summed E-state index contributed by atoms with van der Waals surface area (Å²) in [5.41, 5.74) is 6.01. The number of nitrogens with zero attached hydrogens (tertiary/aromatic N) is 2. The fourth-order valence-electron chi connectivity index (χ4n) is 1.59. The lowest BCUT2D eigenvalue weighted by Gasteiger charge is -2.36. The van der Waals surface area contributed by atoms with Crippen molar-refractivity contribution in [1.82, 2.24) is 9.97 Å². The van der Waals surface area contributed by atoms with Crippen molar-refractivity contribution < 1.29 is 9.53 Å². The Morgan fingerprint density at radius 2 is 2.07 bits per heavy atom. The monoisotopic (exact) mass is 207 g/mol. The number of methoxy groups -OCH3 is 1. The molecule has 5 heteroatoms. The van der Waals surface area contributed by atoms with E-state index >= 15 is 0 Å². The minimum Gasteiger partial charge on any atom is -0.465 e. The zero-order valence-electron chi connectivity index (χ0n) is 8.56. The highest BCUT2D eigenvalue weighted by atomic mass is 16.5. The van der Waals surface area contributed by atoms with E-state index < -0.39 is 5.97 Å². The maximum atomic E-state index is 11.1. The summed E-state index contributed by atoms with van der Waals surface area (Å²) in [5, 5.41) is 0. The Hall–Kier alpha value is -1.49. The first-order chi connectivity index (χ1) is 7.15. The molecule has 1 aliphatic carbocycles. The van der Waals surface area contributed by atoms with Gasteiger partial charge >= 0.3 is 5.97 Å². The summed E-state index contributed by atoms with van der Waals surface area (Å²) < 4.78 is 4.55. The third kappa shape index (κ3) is 1.70. The molecule has 0 aliphatic heterocycles. The van der Waals surface area contributed by atoms with Crippen LogP contribution in [0, 0.1) is 0 Å². The van der Waals surface area contributed by atoms with E-state index in [0.29, 0.717) is 11.4 Å². The predicted octanol–water partition coefficient (Wildman–Crippen LogP) is 0.601. The third-order valence-electron chi connectivity index (χ3n) is 2.76. The van der Waals surface area contributed by atoms with Crippen molar-refractivity contribution in [3.05, 3.63) is 23.8 Å². The summed E-state index contributed by atoms with van der Waals surface area (Å²) >= 11 is 0. The van der Waals surface area contributed by atoms with Gasteiger partial charge in [-0.05, 0) is 19.3 Å². The van der Waals surface area contributed by atoms with Crippen molar-refractivity contribution >= 4 is 5.97 Å². The number of carbonyl (C=O) groups is 1. The number of hydrogen-bond donors (Lipinski definition) is 1. The molecule has 2 rings (SSSR count). The second-order valence-electron chi connectivity index (χ2n) is 3.80. The van der Waals surface area contributed by atoms with Crippen LogP contribution in [-0.4, -0.2) is 23.0 Å². The molecule has 0 spiro atoms. The average molecular weight is 207 g/mol. The van der Waals surface area contributed by atoms with Gasteiger partial charge in [-0.1, -0.05) is 0 Å². The molecule has 0 atom stereocenters. The van der Waals surface area contributed by atoms with Gasteiger partial charge in [0, 0.05) is 12.4 Å². The highest BCUT2D eigenvalue weighted by molar-refractivity contribution is 5.88. The fourth-order valence-corrected chi connectivity index (χ4v) is 1.59. The maximum Gasteiger partial charge on any atom is 0.341 e. The van der Waals surface area contributed by atoms with E-state index in [-0.39, 0.29) is 5.54 Å². The molecule has 0 unspecified atom stereocenters. The van der Waals surface area contributed by atoms with Crippen molar-refractivity contribution in [2.75, 3.05) is 7.11 Å². The first kappa shape index (κ1) is 10.0. The second-order valence-corrected chi connectivity index (χ2v) is 3.80. The molecule has 5 nitrogen and oxygen atoms in total. The molecule has 80 valence electrons. The molecule has 1 aliphatic rings. The van der Waals surface area contributed by atoms with Crippen LogP contribution >= 0.6 is 0 Å². The number of rotatable bonds is 2. The molecule has 1 fully saturated rings. The van der Waals surface area contributed by atoms with E-state index in [1.165, 1.54) is 19.5 Å². The summed E-state index contributed by atoms with van der Waals surface area (Å²) in [6.45, 7) is 0. The molecule has 15 heavy (non-hydrogen) atoms. The Morgan fingerprint density at radius 3 is 2.47 bits per heavy atom. The molecule has 2 N–H and O–H groups in total. The molecule has 0 aromatic carbocycles. The highest BCUT2D eigenvalue weighted by Gasteiger charge is 2.37. The van der Waals surface area contributed by atoms with Crippen LogP contribution in [-0.2, 0) is 10.3 Å². The number of nitrogens with two attached hydrogens (primary N) is 1. The Bertz CT molecular complexity index is 371. The van der Waals surface area contributed by atoms with Crippen molar-refractivity contribution in [1.29, 1.82) is 0 Å². The third-order valence-corrected chi connectivity index (χ3v) is 2.76. The first-order valence-corrected chi connectivity index (χ1v) is 4.85. The standard InChI is InChI=1S/C10H13N3O2/c1-15-8(14)7-5-12-9(13-6-7)10(11)3-2-4-10/h5-6H,2-4,11H2,1H3. The quantitative estimate of drug-likeness (QED) is 0.718. The number of aromatic nitrogens is 2. The highest BCUT2D eigenvalue weighted by Crippen LogP contribution is 2.36. The largest absolute Gasteiger partial charge is 0.465 e. The van der Waals surface area contributed by atoms with Gasteiger partial charge in [0.05, 0.1) is 18.2 Å². The molecule has 1 heterocycles. The van der Waals surface area contributed by atoms with Gasteiger partial charge < -0.3 is 10.5 Å². The van der Waals surface area contributed by atoms with Gasteiger partial charge in [0.15, 0.2) is 0 Å². The van der Waals surface area contributed by atoms with Gasteiger partial charge in [-0.3, -0.25) is 0 Å². The lowest BCUT2D eigenvalue weighted by Crippen LogP contribution is -2.44. The maximum absolute atomic E-state index is 11.1. The van der Waals surface area contributed by atoms with E-state index in [1.54, 1.807) is 0 Å². The summed E-state index contributed by atoms with van der Waals surface area (Å²) in [4.78, 5) is 19.3. The second kappa shape index (κ2) is 3.58. The van der Waals surface area contributed by atoms with Gasteiger partial charge in [0.2, 0.25) is 0 Å². The Kier molecular flexibility index (Phi) is 2.40. The Balaban J connectivity index is 2.20. The lowest BCUT2D eigenvalue weighted by molar-refractivity contribution is 0.0599. The van der Waals surface area contributed by atoms with Crippen molar-refractivity contribution in [3.8, 4) is 0 Å². The fraction of sp³-hybridized carbons (Fsp3) is 0.500. The van der Waals surface area contributed by atoms with Crippen molar-refractivity contribution in [2.45, 2.75) is 24.8 Å². The van der Waals surface area contributed by atoms with Crippen LogP contribution < -0.4 is 5.73 Å². The molecule has 1 aromatic heterocycles. The van der Waals surface area contributed by atoms with Crippen molar-refractivity contribution in [3.63, 3.8) is 0 Å². The topological polar surface area (TPSA) is 78.1 Å². The average Bonchev–Trinajstić information content (AvgIpc) is 2.25. The molecular formula is C10H13N3O2. The minimum atomic E-state index is -0.429. The normalized spacial score (nSPS) is 18.0. The minimum absolute atomic E-state index is 0.351. The van der Waals surface area contributed by atoms with E-state index in [2.05, 4.69) is 14.7 Å². The zero-order valence-corrected chi connectivity index (χ0v) is 8.56. The smallest absolute Gasteiger partial charge is 0.341 e. The summed E-state index contributed by atoms with van der Waals surface area (Å²) in [7, 11) is 1.33. The Labute approximate surface area is 87.7 Å². The van der Waals surface area contributed by atoms with E-state index in [9.17, 15) is 4.79 Å². The van der Waals surface area contributed by atoms with Gasteiger partial charge in [-0.2, -0.15) is 0 Å². The van der Waals surface area contributed by atoms with Crippen LogP contribution in [0.2, 0.25) is 0 Å². The van der Waals surface area contributed by atoms with Crippen LogP contribution in [0.1, 0.15) is 35.4 Å². The van der Waals surface area contributed by atoms with Crippen LogP contribution in [0.15, 0.2) is 12.4 Å². The lowest BCUT2D eigenvalue weighted by atomic mass is 9.77. The van der Waals surface area contributed by atoms with E-state index in [4.69, 9.17) is 5.73 Å². The van der Waals surface area contributed by atoms with Crippen LogP contribution in [0.3, 0.4) is 0 Å². The molecule has 0 saturated heterocycles. The molecule has 1 aromatic rings. The molecule has 1 saturated carbocycles. The molecule has 0 radical (unpaired) electrons. The first-order valence-electron chi connectivity index (χ1n) is 4.85. The zero-order chi connectivity index (χ0) is 10.9. The number of esters is 1. The number of carbonyl (C=O) groups excluding carboxylic acids is 1. The van der Waals surface area contributed by atoms with E-state index in [0.717, 1.165) is 19.3 Å². The van der Waals surface area contributed by atoms with Crippen LogP contribution in [0.4, 0.5) is 0 Å². The Morgan fingerprint density at radius 1 is 1.47 bits per heavy atom. The van der Waals surface area contributed by atoms with Gasteiger partial charge in [-0.25, -0.2) is 14.8 Å². The molecule has 0 bridgehead atoms. The van der Waals surface area contributed by atoms with Gasteiger partial charge in [-0.15, -0.1) is 0 Å². The van der Waals surface area contributed by atoms with Crippen LogP contribution in [0.5, 0.6) is 0 Å². The summed E-state index contributed by atoms with van der Waals surface area (Å²) in [6.07, 6.45) is 5.84. The summed E-state index contributed by atoms with van der Waals surface area (Å²) in [5.74, 6) is 0.183. The summed E-state index contributed by atoms with van der Waals surface area (Å²) in [6, 6.07) is 0. The molecular weight excluding hydrogens is 194 g/mol. The molecule has 0 amide bonds. The SMILES string of the molecule is COC(=O)c1cnc(C2(N)CCC2)nc1. The van der Waals surface area contributed by atoms with E-state index in [1.807, 2.05) is 0 Å². The van der Waals surface area contributed by atoms with Gasteiger partial charge in [0.1, 0.15) is 5.82 Å². The van der Waals surface area contributed by atoms with Gasteiger partial charge in [0.25, 0.3) is 0 Å². The van der Waals surface area contributed by atoms with Crippen molar-refractivity contribution in [2.24, 2.45) is 5.73 Å². The number of hydrogen-bond acceptors (Lipinski definition) is 5. The van der Waals surface area contributed by atoms with Crippen LogP contribution in [0.25, 0.3) is 0 Å².